The minimum absolute atomic E-state index is 0.387. The quantitative estimate of drug-likeness (QED) is 0.604. The van der Waals surface area contributed by atoms with Crippen LogP contribution in [-0.4, -0.2) is 12.0 Å². The van der Waals surface area contributed by atoms with E-state index < -0.39 is 12.0 Å². The summed E-state index contributed by atoms with van der Waals surface area (Å²) < 4.78 is 35.3. The van der Waals surface area contributed by atoms with E-state index in [4.69, 9.17) is 0 Å². The van der Waals surface area contributed by atoms with Gasteiger partial charge in [0.05, 0.1) is 0 Å². The number of ketones is 1. The van der Waals surface area contributed by atoms with Gasteiger partial charge in [-0.15, -0.1) is 0 Å². The monoisotopic (exact) mass is 212 g/mol. The minimum atomic E-state index is -4.88. The lowest BCUT2D eigenvalue weighted by Gasteiger charge is -1.96. The predicted molar refractivity (Wildman–Crippen MR) is 49.1 cm³/mol. The van der Waals surface area contributed by atoms with Crippen LogP contribution in [0.4, 0.5) is 13.2 Å². The fourth-order valence-corrected chi connectivity index (χ4v) is 0.837. The molecule has 78 valence electrons. The summed E-state index contributed by atoms with van der Waals surface area (Å²) in [6, 6.07) is 6.54. The summed E-state index contributed by atoms with van der Waals surface area (Å²) in [6.07, 6.45) is -4.88. The van der Waals surface area contributed by atoms with Crippen molar-refractivity contribution in [1.29, 1.82) is 0 Å². The smallest absolute Gasteiger partial charge is 0.275 e. The van der Waals surface area contributed by atoms with Gasteiger partial charge in [0, 0.05) is 5.56 Å². The van der Waals surface area contributed by atoms with Crippen molar-refractivity contribution in [1.82, 2.24) is 0 Å². The molecule has 0 saturated heterocycles. The fourth-order valence-electron chi connectivity index (χ4n) is 0.837. The average molecular weight is 212 g/mol. The average Bonchev–Trinajstić information content (AvgIpc) is 2.15. The molecule has 1 rings (SSSR count). The molecule has 1 aromatic rings. The van der Waals surface area contributed by atoms with Gasteiger partial charge in [0.1, 0.15) is 0 Å². The zero-order valence-electron chi connectivity index (χ0n) is 7.85. The van der Waals surface area contributed by atoms with Crippen LogP contribution in [0.5, 0.6) is 0 Å². The van der Waals surface area contributed by atoms with E-state index in [9.17, 15) is 18.0 Å². The molecular weight excluding hydrogens is 205 g/mol. The number of carbonyl (C=O) groups excluding carboxylic acids is 1. The molecular formula is C11H7F3O. The zero-order valence-corrected chi connectivity index (χ0v) is 7.85. The van der Waals surface area contributed by atoms with Crippen LogP contribution >= 0.6 is 0 Å². The van der Waals surface area contributed by atoms with Crippen LogP contribution in [0.25, 0.3) is 0 Å². The topological polar surface area (TPSA) is 17.1 Å². The summed E-state index contributed by atoms with van der Waals surface area (Å²) in [5.41, 5.74) is 1.36. The Kier molecular flexibility index (Phi) is 3.15. The molecule has 1 nitrogen and oxygen atoms in total. The van der Waals surface area contributed by atoms with E-state index in [1.54, 1.807) is 30.2 Å². The van der Waals surface area contributed by atoms with Crippen LogP contribution in [0.3, 0.4) is 0 Å². The molecule has 0 aliphatic rings. The molecule has 0 unspecified atom stereocenters. The number of hydrogen-bond donors (Lipinski definition) is 0. The van der Waals surface area contributed by atoms with Crippen molar-refractivity contribution in [2.24, 2.45) is 0 Å². The Morgan fingerprint density at radius 1 is 1.20 bits per heavy atom. The van der Waals surface area contributed by atoms with Gasteiger partial charge in [-0.2, -0.15) is 13.2 Å². The summed E-state index contributed by atoms with van der Waals surface area (Å²) in [5.74, 6) is 1.68. The van der Waals surface area contributed by atoms with Crippen molar-refractivity contribution in [3.8, 4) is 11.8 Å². The normalized spacial score (nSPS) is 10.4. The van der Waals surface area contributed by atoms with E-state index in [2.05, 4.69) is 5.92 Å². The van der Waals surface area contributed by atoms with Crippen molar-refractivity contribution < 1.29 is 18.0 Å². The summed E-state index contributed by atoms with van der Waals surface area (Å²) in [5, 5.41) is 0. The molecule has 0 spiro atoms. The first-order valence-electron chi connectivity index (χ1n) is 4.09. The second-order valence-corrected chi connectivity index (χ2v) is 2.94. The Labute approximate surface area is 84.9 Å². The molecule has 0 saturated carbocycles. The first kappa shape index (κ1) is 11.3. The molecule has 1 aromatic carbocycles. The van der Waals surface area contributed by atoms with Gasteiger partial charge >= 0.3 is 12.0 Å². The minimum Gasteiger partial charge on any atom is -0.275 e. The van der Waals surface area contributed by atoms with Crippen molar-refractivity contribution in [3.63, 3.8) is 0 Å². The van der Waals surface area contributed by atoms with E-state index in [-0.39, 0.29) is 0 Å². The molecule has 0 amide bonds. The highest BCUT2D eigenvalue weighted by atomic mass is 19.4. The molecule has 0 fully saturated rings. The summed E-state index contributed by atoms with van der Waals surface area (Å²) in [4.78, 5) is 10.4. The van der Waals surface area contributed by atoms with Gasteiger partial charge in [0.25, 0.3) is 0 Å². The van der Waals surface area contributed by atoms with E-state index in [1.165, 1.54) is 0 Å². The first-order valence-corrected chi connectivity index (χ1v) is 4.09. The standard InChI is InChI=1S/C11H7F3O/c1-8-2-4-9(5-3-8)6-7-10(15)11(12,13)14/h2-5H,1H3. The molecule has 0 aliphatic heterocycles. The van der Waals surface area contributed by atoms with Gasteiger partial charge in [-0.25, -0.2) is 0 Å². The zero-order chi connectivity index (χ0) is 11.5. The van der Waals surface area contributed by atoms with Gasteiger partial charge in [-0.3, -0.25) is 4.79 Å². The molecule has 4 heteroatoms. The SMILES string of the molecule is Cc1ccc(C#CC(=O)C(F)(F)F)cc1. The van der Waals surface area contributed by atoms with Crippen molar-refractivity contribution in [2.45, 2.75) is 13.1 Å². The van der Waals surface area contributed by atoms with Gasteiger partial charge in [0.2, 0.25) is 0 Å². The van der Waals surface area contributed by atoms with Crippen LogP contribution in [0.15, 0.2) is 24.3 Å². The second kappa shape index (κ2) is 4.18. The van der Waals surface area contributed by atoms with Crippen LogP contribution in [0.1, 0.15) is 11.1 Å². The number of halogens is 3. The molecule has 0 bridgehead atoms. The van der Waals surface area contributed by atoms with Gasteiger partial charge < -0.3 is 0 Å². The maximum atomic E-state index is 11.8. The lowest BCUT2D eigenvalue weighted by Crippen LogP contribution is -2.20. The Bertz CT molecular complexity index is 418. The predicted octanol–water partition coefficient (Wildman–Crippen LogP) is 2.48. The molecule has 0 aromatic heterocycles. The van der Waals surface area contributed by atoms with Gasteiger partial charge in [-0.1, -0.05) is 23.6 Å². The number of benzene rings is 1. The highest BCUT2D eigenvalue weighted by molar-refractivity contribution is 6.00. The number of carbonyl (C=O) groups is 1. The summed E-state index contributed by atoms with van der Waals surface area (Å²) in [6.45, 7) is 1.85. The van der Waals surface area contributed by atoms with Crippen LogP contribution in [0.2, 0.25) is 0 Å². The number of alkyl halides is 3. The number of hydrogen-bond acceptors (Lipinski definition) is 1. The Morgan fingerprint density at radius 2 is 1.73 bits per heavy atom. The summed E-state index contributed by atoms with van der Waals surface area (Å²) >= 11 is 0. The van der Waals surface area contributed by atoms with Crippen molar-refractivity contribution in [2.75, 3.05) is 0 Å². The lowest BCUT2D eigenvalue weighted by molar-refractivity contribution is -0.164. The molecule has 0 N–H and O–H groups in total. The second-order valence-electron chi connectivity index (χ2n) is 2.94. The Balaban J connectivity index is 2.83. The van der Waals surface area contributed by atoms with Crippen LogP contribution < -0.4 is 0 Å². The number of Topliss-reactive ketones (excluding diaryl/α,β-unsaturated/α-hetero) is 1. The molecule has 0 heterocycles. The van der Waals surface area contributed by atoms with E-state index in [0.717, 1.165) is 5.56 Å². The van der Waals surface area contributed by atoms with Crippen molar-refractivity contribution >= 4 is 5.78 Å². The van der Waals surface area contributed by atoms with Crippen molar-refractivity contribution in [3.05, 3.63) is 35.4 Å². The third kappa shape index (κ3) is 3.47. The number of rotatable bonds is 0. The third-order valence-corrected chi connectivity index (χ3v) is 1.63. The molecule has 0 radical (unpaired) electrons. The fraction of sp³-hybridized carbons (Fsp3) is 0.182. The van der Waals surface area contributed by atoms with E-state index in [1.807, 2.05) is 6.92 Å². The Morgan fingerprint density at radius 3 is 2.20 bits per heavy atom. The molecule has 0 aliphatic carbocycles. The Hall–Kier alpha value is -1.76. The maximum absolute atomic E-state index is 11.8. The maximum Gasteiger partial charge on any atom is 0.462 e. The first-order chi connectivity index (χ1) is 6.89. The van der Waals surface area contributed by atoms with E-state index >= 15 is 0 Å². The third-order valence-electron chi connectivity index (χ3n) is 1.63. The van der Waals surface area contributed by atoms with E-state index in [0.29, 0.717) is 5.56 Å². The lowest BCUT2D eigenvalue weighted by atomic mass is 10.1. The summed E-state index contributed by atoms with van der Waals surface area (Å²) in [7, 11) is 0. The highest BCUT2D eigenvalue weighted by Crippen LogP contribution is 2.15. The van der Waals surface area contributed by atoms with Gasteiger partial charge in [-0.05, 0) is 25.0 Å². The largest absolute Gasteiger partial charge is 0.462 e. The number of aryl methyl sites for hydroxylation is 1. The van der Waals surface area contributed by atoms with Gasteiger partial charge in [0.15, 0.2) is 0 Å². The molecule has 0 atom stereocenters. The highest BCUT2D eigenvalue weighted by Gasteiger charge is 2.37. The van der Waals surface area contributed by atoms with Crippen LogP contribution in [0, 0.1) is 18.8 Å². The molecule has 15 heavy (non-hydrogen) atoms. The van der Waals surface area contributed by atoms with Crippen LogP contribution in [-0.2, 0) is 4.79 Å².